The van der Waals surface area contributed by atoms with Gasteiger partial charge in [0.15, 0.2) is 0 Å². The predicted octanol–water partition coefficient (Wildman–Crippen LogP) is 1.98. The van der Waals surface area contributed by atoms with Gasteiger partial charge in [-0.3, -0.25) is 9.59 Å². The summed E-state index contributed by atoms with van der Waals surface area (Å²) in [6.07, 6.45) is 5.57. The van der Waals surface area contributed by atoms with Crippen LogP contribution in [0.3, 0.4) is 0 Å². The molecule has 3 N–H and O–H groups in total. The van der Waals surface area contributed by atoms with Gasteiger partial charge >= 0.3 is 5.97 Å². The van der Waals surface area contributed by atoms with E-state index >= 15 is 0 Å². The minimum atomic E-state index is -0.817. The van der Waals surface area contributed by atoms with Crippen molar-refractivity contribution >= 4 is 35.3 Å². The van der Waals surface area contributed by atoms with Crippen LogP contribution < -0.4 is 0 Å². The quantitative estimate of drug-likeness (QED) is 0.297. The molecule has 1 aliphatic rings. The summed E-state index contributed by atoms with van der Waals surface area (Å²) in [7, 11) is 1.65. The second-order valence-corrected chi connectivity index (χ2v) is 8.70. The molecule has 1 aliphatic carbocycles. The van der Waals surface area contributed by atoms with Gasteiger partial charge in [0.25, 0.3) is 0 Å². The van der Waals surface area contributed by atoms with Crippen molar-refractivity contribution in [3.8, 4) is 0 Å². The van der Waals surface area contributed by atoms with Crippen LogP contribution in [0.1, 0.15) is 32.1 Å². The molecular formula is C18H30O6S2. The van der Waals surface area contributed by atoms with E-state index in [1.807, 2.05) is 0 Å². The number of rotatable bonds is 14. The number of unbranched alkanes of at least 4 members (excludes halogenated alkanes) is 1. The molecule has 0 amide bonds. The van der Waals surface area contributed by atoms with E-state index in [1.165, 1.54) is 23.5 Å². The number of Topliss-reactive ketones (excluding diaryl/α,β-unsaturated/α-hetero) is 1. The molecule has 0 aromatic carbocycles. The molecule has 1 fully saturated rings. The molecule has 0 spiro atoms. The summed E-state index contributed by atoms with van der Waals surface area (Å²) < 4.78 is 4.97. The predicted molar refractivity (Wildman–Crippen MR) is 106 cm³/mol. The fourth-order valence-electron chi connectivity index (χ4n) is 2.79. The second kappa shape index (κ2) is 13.6. The summed E-state index contributed by atoms with van der Waals surface area (Å²) in [6.45, 7) is 0.676. The smallest absolute Gasteiger partial charge is 0.313 e. The van der Waals surface area contributed by atoms with E-state index in [0.29, 0.717) is 13.0 Å². The van der Waals surface area contributed by atoms with Crippen molar-refractivity contribution < 1.29 is 29.6 Å². The van der Waals surface area contributed by atoms with Crippen molar-refractivity contribution in [2.45, 2.75) is 49.6 Å². The molecule has 26 heavy (non-hydrogen) atoms. The average Bonchev–Trinajstić information content (AvgIpc) is 2.85. The molecule has 0 heterocycles. The first-order valence-corrected chi connectivity index (χ1v) is 11.1. The number of hydrogen-bond donors (Lipinski definition) is 3. The summed E-state index contributed by atoms with van der Waals surface area (Å²) in [5.74, 6) is 0.545. The molecule has 3 unspecified atom stereocenters. The van der Waals surface area contributed by atoms with Crippen LogP contribution in [0, 0.1) is 5.92 Å². The third-order valence-electron chi connectivity index (χ3n) is 4.13. The normalized spacial score (nSPS) is 24.4. The number of ketones is 1. The zero-order chi connectivity index (χ0) is 19.4. The van der Waals surface area contributed by atoms with Crippen LogP contribution in [-0.2, 0) is 14.3 Å². The Morgan fingerprint density at radius 2 is 2.12 bits per heavy atom. The highest BCUT2D eigenvalue weighted by Gasteiger charge is 2.40. The van der Waals surface area contributed by atoms with Crippen molar-refractivity contribution in [2.24, 2.45) is 5.92 Å². The van der Waals surface area contributed by atoms with Crippen LogP contribution in [0.15, 0.2) is 12.2 Å². The van der Waals surface area contributed by atoms with Gasteiger partial charge in [0.05, 0.1) is 23.2 Å². The number of carbonyl (C=O) groups excluding carboxylic acids is 1. The van der Waals surface area contributed by atoms with E-state index in [4.69, 9.17) is 9.84 Å². The van der Waals surface area contributed by atoms with E-state index in [9.17, 15) is 19.8 Å². The number of ether oxygens (including phenoxy) is 1. The van der Waals surface area contributed by atoms with E-state index in [0.717, 1.165) is 30.8 Å². The first kappa shape index (κ1) is 23.5. The van der Waals surface area contributed by atoms with Crippen LogP contribution in [0.25, 0.3) is 0 Å². The third-order valence-corrected chi connectivity index (χ3v) is 6.62. The number of carboxylic acids is 1. The van der Waals surface area contributed by atoms with Gasteiger partial charge in [0.2, 0.25) is 0 Å². The number of carbonyl (C=O) groups is 2. The molecule has 150 valence electrons. The lowest BCUT2D eigenvalue weighted by Crippen LogP contribution is -2.22. The molecule has 4 atom stereocenters. The molecule has 0 radical (unpaired) electrons. The zero-order valence-corrected chi connectivity index (χ0v) is 16.8. The first-order valence-electron chi connectivity index (χ1n) is 8.93. The minimum absolute atomic E-state index is 0.0462. The molecular weight excluding hydrogens is 376 g/mol. The fraction of sp³-hybridized carbons (Fsp3) is 0.778. The number of thioether (sulfide) groups is 2. The Kier molecular flexibility index (Phi) is 12.3. The summed E-state index contributed by atoms with van der Waals surface area (Å²) in [4.78, 5) is 22.6. The third kappa shape index (κ3) is 9.41. The Bertz CT molecular complexity index is 457. The molecule has 0 aromatic heterocycles. The van der Waals surface area contributed by atoms with Gasteiger partial charge in [-0.05, 0) is 37.2 Å². The highest BCUT2D eigenvalue weighted by atomic mass is 32.2. The fourth-order valence-corrected chi connectivity index (χ4v) is 4.98. The molecule has 6 nitrogen and oxygen atoms in total. The highest BCUT2D eigenvalue weighted by Crippen LogP contribution is 2.34. The van der Waals surface area contributed by atoms with Gasteiger partial charge in [0, 0.05) is 26.1 Å². The summed E-state index contributed by atoms with van der Waals surface area (Å²) >= 11 is 2.89. The van der Waals surface area contributed by atoms with Crippen LogP contribution in [0.5, 0.6) is 0 Å². The maximum atomic E-state index is 12.1. The number of carboxylic acid groups (broad SMARTS) is 1. The summed E-state index contributed by atoms with van der Waals surface area (Å²) in [5.41, 5.74) is 0. The second-order valence-electron chi connectivity index (χ2n) is 6.35. The number of aliphatic hydroxyl groups excluding tert-OH is 2. The summed E-state index contributed by atoms with van der Waals surface area (Å²) in [5, 5.41) is 28.5. The highest BCUT2D eigenvalue weighted by molar-refractivity contribution is 8.01. The molecule has 0 bridgehead atoms. The van der Waals surface area contributed by atoms with E-state index in [1.54, 1.807) is 19.3 Å². The Morgan fingerprint density at radius 3 is 2.81 bits per heavy atom. The van der Waals surface area contributed by atoms with Crippen LogP contribution in [-0.4, -0.2) is 75.5 Å². The van der Waals surface area contributed by atoms with Crippen LogP contribution >= 0.6 is 23.5 Å². The van der Waals surface area contributed by atoms with Crippen molar-refractivity contribution in [3.05, 3.63) is 12.2 Å². The Hall–Kier alpha value is -0.540. The molecule has 0 aliphatic heterocycles. The summed E-state index contributed by atoms with van der Waals surface area (Å²) in [6, 6.07) is 0. The lowest BCUT2D eigenvalue weighted by molar-refractivity contribution is -0.133. The Labute approximate surface area is 163 Å². The lowest BCUT2D eigenvalue weighted by atomic mass is 10.0. The monoisotopic (exact) mass is 406 g/mol. The number of aliphatic carboxylic acids is 1. The van der Waals surface area contributed by atoms with Crippen LogP contribution in [0.4, 0.5) is 0 Å². The molecule has 0 aromatic rings. The minimum Gasteiger partial charge on any atom is -0.481 e. The molecule has 0 saturated heterocycles. The van der Waals surface area contributed by atoms with Crippen molar-refractivity contribution in [1.82, 2.24) is 0 Å². The standard InChI is InChI=1S/C18H30O6S2/c1-24-8-3-2-5-13(19)6-7-14-15(20)11-16(21)18(14)26-10-4-9-25-12-17(22)23/h6-7,13-15,18-20H,2-5,8-12H2,1H3,(H,22,23)/t13?,14-,15?,18?/m0/s1. The van der Waals surface area contributed by atoms with Crippen molar-refractivity contribution in [1.29, 1.82) is 0 Å². The maximum absolute atomic E-state index is 12.1. The number of aliphatic hydroxyl groups is 2. The SMILES string of the molecule is COCCCCC(O)C=C[C@H]1C(O)CC(=O)C1SCCCSCC(=O)O. The van der Waals surface area contributed by atoms with Gasteiger partial charge in [-0.15, -0.1) is 11.8 Å². The van der Waals surface area contributed by atoms with Crippen LogP contribution in [0.2, 0.25) is 0 Å². The average molecular weight is 407 g/mol. The van der Waals surface area contributed by atoms with Crippen molar-refractivity contribution in [3.63, 3.8) is 0 Å². The Morgan fingerprint density at radius 1 is 1.35 bits per heavy atom. The maximum Gasteiger partial charge on any atom is 0.313 e. The van der Waals surface area contributed by atoms with E-state index in [-0.39, 0.29) is 29.1 Å². The zero-order valence-electron chi connectivity index (χ0n) is 15.2. The number of methoxy groups -OCH3 is 1. The van der Waals surface area contributed by atoms with Crippen molar-refractivity contribution in [2.75, 3.05) is 31.0 Å². The first-order chi connectivity index (χ1) is 12.5. The van der Waals surface area contributed by atoms with Gasteiger partial charge in [-0.25, -0.2) is 0 Å². The molecule has 8 heteroatoms. The Balaban J connectivity index is 2.37. The van der Waals surface area contributed by atoms with E-state index in [2.05, 4.69) is 0 Å². The van der Waals surface area contributed by atoms with Gasteiger partial charge < -0.3 is 20.1 Å². The largest absolute Gasteiger partial charge is 0.481 e. The van der Waals surface area contributed by atoms with E-state index < -0.39 is 18.2 Å². The number of hydrogen-bond acceptors (Lipinski definition) is 7. The topological polar surface area (TPSA) is 104 Å². The van der Waals surface area contributed by atoms with Gasteiger partial charge in [0.1, 0.15) is 5.78 Å². The molecule has 1 rings (SSSR count). The lowest BCUT2D eigenvalue weighted by Gasteiger charge is -2.17. The van der Waals surface area contributed by atoms with Gasteiger partial charge in [-0.1, -0.05) is 12.2 Å². The van der Waals surface area contributed by atoms with Gasteiger partial charge in [-0.2, -0.15) is 11.8 Å². The molecule has 1 saturated carbocycles.